The Balaban J connectivity index is 1.45. The van der Waals surface area contributed by atoms with Crippen LogP contribution < -0.4 is 0 Å². The average Bonchev–Trinajstić information content (AvgIpc) is 3.31. The van der Waals surface area contributed by atoms with E-state index in [4.69, 9.17) is 4.52 Å². The van der Waals surface area contributed by atoms with Crippen molar-refractivity contribution >= 4 is 5.91 Å². The van der Waals surface area contributed by atoms with Crippen molar-refractivity contribution in [2.45, 2.75) is 38.9 Å². The molecule has 0 radical (unpaired) electrons. The highest BCUT2D eigenvalue weighted by molar-refractivity contribution is 5.79. The van der Waals surface area contributed by atoms with Crippen LogP contribution in [0.3, 0.4) is 0 Å². The molecule has 5 nitrogen and oxygen atoms in total. The second-order valence-electron chi connectivity index (χ2n) is 7.63. The molecule has 0 saturated carbocycles. The maximum absolute atomic E-state index is 12.7. The molecule has 3 aromatic rings. The van der Waals surface area contributed by atoms with Crippen molar-refractivity contribution in [3.63, 3.8) is 0 Å². The highest BCUT2D eigenvalue weighted by atomic mass is 19.4. The largest absolute Gasteiger partial charge is 0.416 e. The van der Waals surface area contributed by atoms with Crippen molar-refractivity contribution in [3.8, 4) is 11.4 Å². The first-order valence-electron chi connectivity index (χ1n) is 9.56. The minimum atomic E-state index is -4.38. The molecule has 0 N–H and O–H groups in total. The molecule has 1 fully saturated rings. The van der Waals surface area contributed by atoms with E-state index in [1.807, 2.05) is 32.0 Å². The van der Waals surface area contributed by atoms with Crippen LogP contribution in [-0.2, 0) is 17.5 Å². The van der Waals surface area contributed by atoms with Crippen molar-refractivity contribution in [1.82, 2.24) is 15.0 Å². The van der Waals surface area contributed by atoms with Gasteiger partial charge in [-0.1, -0.05) is 29.4 Å². The number of hydrogen-bond donors (Lipinski definition) is 0. The monoisotopic (exact) mass is 415 g/mol. The molecule has 0 bridgehead atoms. The quantitative estimate of drug-likeness (QED) is 0.609. The summed E-state index contributed by atoms with van der Waals surface area (Å²) in [6.07, 6.45) is -4.14. The number of rotatable bonds is 4. The predicted octanol–water partition coefficient (Wildman–Crippen LogP) is 4.89. The third-order valence-electron chi connectivity index (χ3n) is 5.43. The first kappa shape index (κ1) is 20.1. The molecule has 1 amide bonds. The van der Waals surface area contributed by atoms with E-state index in [1.54, 1.807) is 4.90 Å². The van der Waals surface area contributed by atoms with Crippen molar-refractivity contribution < 1.29 is 22.5 Å². The standard InChI is InChI=1S/C22H20F3N3O2/c1-13-3-6-16(9-14(13)2)20-26-21(30-27-20)17-10-19(29)28(12-17)11-15-4-7-18(8-5-15)22(23,24)25/h3-9,17H,10-12H2,1-2H3. The number of hydrogen-bond acceptors (Lipinski definition) is 4. The molecule has 156 valence electrons. The average molecular weight is 415 g/mol. The Bertz CT molecular complexity index is 1070. The lowest BCUT2D eigenvalue weighted by atomic mass is 10.1. The number of aryl methyl sites for hydroxylation is 2. The summed E-state index contributed by atoms with van der Waals surface area (Å²) in [4.78, 5) is 18.5. The summed E-state index contributed by atoms with van der Waals surface area (Å²) < 4.78 is 43.5. The highest BCUT2D eigenvalue weighted by Gasteiger charge is 2.35. The van der Waals surface area contributed by atoms with Gasteiger partial charge < -0.3 is 9.42 Å². The van der Waals surface area contributed by atoms with Gasteiger partial charge in [0, 0.05) is 25.1 Å². The number of carbonyl (C=O) groups excluding carboxylic acids is 1. The molecule has 1 atom stereocenters. The first-order chi connectivity index (χ1) is 14.2. The number of nitrogens with zero attached hydrogens (tertiary/aromatic N) is 3. The van der Waals surface area contributed by atoms with Gasteiger partial charge in [-0.2, -0.15) is 18.2 Å². The molecule has 1 aliphatic rings. The maximum Gasteiger partial charge on any atom is 0.416 e. The molecule has 30 heavy (non-hydrogen) atoms. The van der Waals surface area contributed by atoms with Crippen molar-refractivity contribution in [2.75, 3.05) is 6.54 Å². The van der Waals surface area contributed by atoms with Crippen LogP contribution in [0.15, 0.2) is 47.0 Å². The van der Waals surface area contributed by atoms with Crippen LogP contribution in [-0.4, -0.2) is 27.5 Å². The third kappa shape index (κ3) is 4.08. The molecule has 1 unspecified atom stereocenters. The normalized spacial score (nSPS) is 17.0. The summed E-state index contributed by atoms with van der Waals surface area (Å²) in [6, 6.07) is 10.8. The minimum Gasteiger partial charge on any atom is -0.339 e. The van der Waals surface area contributed by atoms with Gasteiger partial charge in [0.05, 0.1) is 11.5 Å². The lowest BCUT2D eigenvalue weighted by Gasteiger charge is -2.16. The van der Waals surface area contributed by atoms with E-state index in [-0.39, 0.29) is 24.8 Å². The second kappa shape index (κ2) is 7.59. The maximum atomic E-state index is 12.7. The van der Waals surface area contributed by atoms with E-state index in [1.165, 1.54) is 17.7 Å². The van der Waals surface area contributed by atoms with Crippen LogP contribution in [0.25, 0.3) is 11.4 Å². The van der Waals surface area contributed by atoms with Crippen LogP contribution in [0.2, 0.25) is 0 Å². The topological polar surface area (TPSA) is 59.2 Å². The lowest BCUT2D eigenvalue weighted by molar-refractivity contribution is -0.137. The Morgan fingerprint density at radius 1 is 1.10 bits per heavy atom. The van der Waals surface area contributed by atoms with Gasteiger partial charge in [0.2, 0.25) is 17.6 Å². The van der Waals surface area contributed by atoms with Gasteiger partial charge in [0.1, 0.15) is 0 Å². The number of aromatic nitrogens is 2. The molecular formula is C22H20F3N3O2. The zero-order valence-electron chi connectivity index (χ0n) is 16.5. The van der Waals surface area contributed by atoms with Gasteiger partial charge in [-0.3, -0.25) is 4.79 Å². The smallest absolute Gasteiger partial charge is 0.339 e. The van der Waals surface area contributed by atoms with E-state index in [9.17, 15) is 18.0 Å². The fraction of sp³-hybridized carbons (Fsp3) is 0.318. The summed E-state index contributed by atoms with van der Waals surface area (Å²) in [5.74, 6) is 0.541. The second-order valence-corrected chi connectivity index (χ2v) is 7.63. The summed E-state index contributed by atoms with van der Waals surface area (Å²) in [5, 5.41) is 4.05. The zero-order chi connectivity index (χ0) is 21.5. The van der Waals surface area contributed by atoms with E-state index < -0.39 is 11.7 Å². The number of likely N-dealkylation sites (tertiary alicyclic amines) is 1. The Morgan fingerprint density at radius 3 is 2.50 bits per heavy atom. The molecule has 2 aromatic carbocycles. The minimum absolute atomic E-state index is 0.0918. The summed E-state index contributed by atoms with van der Waals surface area (Å²) >= 11 is 0. The van der Waals surface area contributed by atoms with Gasteiger partial charge in [0.15, 0.2) is 0 Å². The number of alkyl halides is 3. The Kier molecular flexibility index (Phi) is 5.09. The first-order valence-corrected chi connectivity index (χ1v) is 9.56. The van der Waals surface area contributed by atoms with Crippen molar-refractivity contribution in [3.05, 3.63) is 70.6 Å². The SMILES string of the molecule is Cc1ccc(-c2noc(C3CC(=O)N(Cc4ccc(C(F)(F)F)cc4)C3)n2)cc1C. The fourth-order valence-electron chi connectivity index (χ4n) is 3.51. The van der Waals surface area contributed by atoms with Crippen LogP contribution >= 0.6 is 0 Å². The fourth-order valence-corrected chi connectivity index (χ4v) is 3.51. The van der Waals surface area contributed by atoms with Crippen LogP contribution in [0.1, 0.15) is 40.5 Å². The number of amides is 1. The van der Waals surface area contributed by atoms with E-state index >= 15 is 0 Å². The Labute approximate surface area is 171 Å². The van der Waals surface area contributed by atoms with Crippen molar-refractivity contribution in [2.24, 2.45) is 0 Å². The molecule has 4 rings (SSSR count). The molecule has 8 heteroatoms. The third-order valence-corrected chi connectivity index (χ3v) is 5.43. The van der Waals surface area contributed by atoms with Gasteiger partial charge in [0.25, 0.3) is 0 Å². The summed E-state index contributed by atoms with van der Waals surface area (Å²) in [5.41, 5.74) is 3.07. The van der Waals surface area contributed by atoms with Crippen LogP contribution in [0.5, 0.6) is 0 Å². The zero-order valence-corrected chi connectivity index (χ0v) is 16.5. The van der Waals surface area contributed by atoms with Crippen LogP contribution in [0.4, 0.5) is 13.2 Å². The number of benzene rings is 2. The van der Waals surface area contributed by atoms with E-state index in [0.717, 1.165) is 23.3 Å². The Hall–Kier alpha value is -3.16. The number of carbonyl (C=O) groups is 1. The van der Waals surface area contributed by atoms with Crippen LogP contribution in [0, 0.1) is 13.8 Å². The summed E-state index contributed by atoms with van der Waals surface area (Å²) in [6.45, 7) is 4.66. The summed E-state index contributed by atoms with van der Waals surface area (Å²) in [7, 11) is 0. The van der Waals surface area contributed by atoms with Crippen molar-refractivity contribution in [1.29, 1.82) is 0 Å². The molecule has 1 saturated heterocycles. The molecule has 0 aliphatic carbocycles. The number of halogens is 3. The molecule has 1 aromatic heterocycles. The molecule has 1 aliphatic heterocycles. The Morgan fingerprint density at radius 2 is 1.83 bits per heavy atom. The van der Waals surface area contributed by atoms with E-state index in [2.05, 4.69) is 10.1 Å². The van der Waals surface area contributed by atoms with E-state index in [0.29, 0.717) is 23.8 Å². The van der Waals surface area contributed by atoms with Gasteiger partial charge >= 0.3 is 6.18 Å². The molecular weight excluding hydrogens is 395 g/mol. The highest BCUT2D eigenvalue weighted by Crippen LogP contribution is 2.32. The molecule has 0 spiro atoms. The van der Waals surface area contributed by atoms with Gasteiger partial charge in [-0.05, 0) is 48.7 Å². The van der Waals surface area contributed by atoms with Gasteiger partial charge in [-0.15, -0.1) is 0 Å². The van der Waals surface area contributed by atoms with Gasteiger partial charge in [-0.25, -0.2) is 0 Å². The molecule has 2 heterocycles. The lowest BCUT2D eigenvalue weighted by Crippen LogP contribution is -2.24. The predicted molar refractivity (Wildman–Crippen MR) is 103 cm³/mol.